The highest BCUT2D eigenvalue weighted by Crippen LogP contribution is 2.12. The first-order chi connectivity index (χ1) is 5.29. The van der Waals surface area contributed by atoms with E-state index < -0.39 is 0 Å². The number of carbonyl (C=O) groups is 1. The van der Waals surface area contributed by atoms with Gasteiger partial charge in [0.25, 0.3) is 5.91 Å². The molecule has 58 valence electrons. The lowest BCUT2D eigenvalue weighted by Gasteiger charge is -1.89. The second-order valence-corrected chi connectivity index (χ2v) is 2.13. The molecule has 11 heavy (non-hydrogen) atoms. The number of nitrogens with zero attached hydrogens (tertiary/aromatic N) is 1. The number of amides is 1. The maximum absolute atomic E-state index is 11.0. The van der Waals surface area contributed by atoms with Crippen LogP contribution in [0.2, 0.25) is 0 Å². The number of aliphatic imine (C=N–C) groups is 1. The van der Waals surface area contributed by atoms with Gasteiger partial charge in [-0.05, 0) is 6.92 Å². The fourth-order valence-electron chi connectivity index (χ4n) is 0.967. The Bertz CT molecular complexity index is 251. The molecule has 1 heterocycles. The molecule has 0 radical (unpaired) electrons. The lowest BCUT2D eigenvalue weighted by molar-refractivity contribution is -0.116. The van der Waals surface area contributed by atoms with Gasteiger partial charge in [-0.25, -0.2) is 0 Å². The number of hydrogen-bond donors (Lipinski definition) is 1. The van der Waals surface area contributed by atoms with Crippen LogP contribution < -0.4 is 5.32 Å². The first kappa shape index (κ1) is 7.72. The lowest BCUT2D eigenvalue weighted by atomic mass is 10.2. The van der Waals surface area contributed by atoms with E-state index in [0.29, 0.717) is 12.1 Å². The summed E-state index contributed by atoms with van der Waals surface area (Å²) in [5.74, 6) is -0.0828. The Labute approximate surface area is 65.5 Å². The maximum Gasteiger partial charge on any atom is 0.253 e. The van der Waals surface area contributed by atoms with E-state index >= 15 is 0 Å². The monoisotopic (exact) mass is 150 g/mol. The minimum Gasteiger partial charge on any atom is -0.346 e. The van der Waals surface area contributed by atoms with E-state index in [4.69, 9.17) is 0 Å². The molecule has 3 heteroatoms. The maximum atomic E-state index is 11.0. The molecule has 0 fully saturated rings. The van der Waals surface area contributed by atoms with Crippen LogP contribution >= 0.6 is 0 Å². The van der Waals surface area contributed by atoms with Gasteiger partial charge in [-0.3, -0.25) is 9.79 Å². The summed E-state index contributed by atoms with van der Waals surface area (Å²) in [6, 6.07) is 0. The normalized spacial score (nSPS) is 17.7. The molecule has 0 saturated carbocycles. The molecule has 1 rings (SSSR count). The first-order valence-electron chi connectivity index (χ1n) is 3.42. The molecule has 0 aromatic heterocycles. The van der Waals surface area contributed by atoms with Crippen molar-refractivity contribution in [3.63, 3.8) is 0 Å². The first-order valence-corrected chi connectivity index (χ1v) is 3.42. The third-order valence-corrected chi connectivity index (χ3v) is 1.46. The van der Waals surface area contributed by atoms with Crippen molar-refractivity contribution in [3.05, 3.63) is 23.9 Å². The Balaban J connectivity index is 2.97. The topological polar surface area (TPSA) is 41.5 Å². The van der Waals surface area contributed by atoms with E-state index in [2.05, 4.69) is 16.9 Å². The molecule has 0 bridgehead atoms. The van der Waals surface area contributed by atoms with Crippen LogP contribution in [0, 0.1) is 0 Å². The van der Waals surface area contributed by atoms with E-state index in [1.807, 2.05) is 6.92 Å². The zero-order valence-corrected chi connectivity index (χ0v) is 6.42. The molecule has 0 aromatic carbocycles. The molecule has 0 spiro atoms. The second kappa shape index (κ2) is 3.14. The highest BCUT2D eigenvalue weighted by atomic mass is 16.1. The number of hydrogen-bond acceptors (Lipinski definition) is 2. The summed E-state index contributed by atoms with van der Waals surface area (Å²) in [5.41, 5.74) is 1.36. The smallest absolute Gasteiger partial charge is 0.253 e. The molecule has 0 aromatic rings. The molecule has 0 atom stereocenters. The van der Waals surface area contributed by atoms with Gasteiger partial charge in [0, 0.05) is 6.21 Å². The summed E-state index contributed by atoms with van der Waals surface area (Å²) in [4.78, 5) is 15.0. The fourth-order valence-corrected chi connectivity index (χ4v) is 0.967. The van der Waals surface area contributed by atoms with Crippen LogP contribution in [0.5, 0.6) is 0 Å². The fraction of sp³-hybridized carbons (Fsp3) is 0.250. The second-order valence-electron chi connectivity index (χ2n) is 2.13. The van der Waals surface area contributed by atoms with Crippen LogP contribution in [-0.2, 0) is 4.79 Å². The van der Waals surface area contributed by atoms with Crippen LogP contribution in [-0.4, -0.2) is 18.7 Å². The largest absolute Gasteiger partial charge is 0.346 e. The summed E-state index contributed by atoms with van der Waals surface area (Å²) < 4.78 is 0. The van der Waals surface area contributed by atoms with Crippen molar-refractivity contribution >= 4 is 12.1 Å². The summed E-state index contributed by atoms with van der Waals surface area (Å²) in [6.07, 6.45) is 3.20. The molecule has 1 aliphatic rings. The van der Waals surface area contributed by atoms with Crippen LogP contribution in [0.3, 0.4) is 0 Å². The molecule has 0 saturated heterocycles. The lowest BCUT2D eigenvalue weighted by Crippen LogP contribution is -2.16. The van der Waals surface area contributed by atoms with Crippen molar-refractivity contribution in [1.82, 2.24) is 5.32 Å². The Kier molecular flexibility index (Phi) is 2.21. The highest BCUT2D eigenvalue weighted by Gasteiger charge is 2.18. The predicted molar refractivity (Wildman–Crippen MR) is 44.4 cm³/mol. The quantitative estimate of drug-likeness (QED) is 0.577. The average Bonchev–Trinajstić information content (AvgIpc) is 2.33. The zero-order valence-electron chi connectivity index (χ0n) is 6.42. The van der Waals surface area contributed by atoms with Gasteiger partial charge in [-0.15, -0.1) is 0 Å². The minimum atomic E-state index is -0.0828. The van der Waals surface area contributed by atoms with Gasteiger partial charge in [-0.2, -0.15) is 0 Å². The zero-order chi connectivity index (χ0) is 8.27. The van der Waals surface area contributed by atoms with Crippen molar-refractivity contribution in [2.45, 2.75) is 6.92 Å². The predicted octanol–water partition coefficient (Wildman–Crippen LogP) is 0.647. The molecule has 0 unspecified atom stereocenters. The van der Waals surface area contributed by atoms with Crippen molar-refractivity contribution < 1.29 is 4.79 Å². The van der Waals surface area contributed by atoms with Crippen molar-refractivity contribution in [2.24, 2.45) is 4.99 Å². The Hall–Kier alpha value is -1.38. The van der Waals surface area contributed by atoms with Crippen LogP contribution in [0.25, 0.3) is 0 Å². The van der Waals surface area contributed by atoms with Gasteiger partial charge in [0.05, 0.1) is 17.8 Å². The molecule has 1 amide bonds. The van der Waals surface area contributed by atoms with Gasteiger partial charge >= 0.3 is 0 Å². The van der Waals surface area contributed by atoms with Crippen molar-refractivity contribution in [2.75, 3.05) is 6.54 Å². The van der Waals surface area contributed by atoms with E-state index in [-0.39, 0.29) is 5.91 Å². The standard InChI is InChI=1S/C8H10N2O/c1-3-6-7(9-4-2)5-10-8(6)11/h3-4H,1,5H2,2H3,(H,10,11)/b9-4-. The summed E-state index contributed by atoms with van der Waals surface area (Å²) >= 11 is 0. The highest BCUT2D eigenvalue weighted by molar-refractivity contribution is 5.99. The van der Waals surface area contributed by atoms with Gasteiger partial charge < -0.3 is 5.32 Å². The van der Waals surface area contributed by atoms with Gasteiger partial charge in [0.1, 0.15) is 0 Å². The molecular weight excluding hydrogens is 140 g/mol. The number of rotatable bonds is 2. The van der Waals surface area contributed by atoms with E-state index in [9.17, 15) is 4.79 Å². The Morgan fingerprint density at radius 3 is 3.00 bits per heavy atom. The Morgan fingerprint density at radius 2 is 2.45 bits per heavy atom. The molecule has 1 aliphatic heterocycles. The third-order valence-electron chi connectivity index (χ3n) is 1.46. The van der Waals surface area contributed by atoms with E-state index in [1.54, 1.807) is 6.21 Å². The molecule has 0 aliphatic carbocycles. The number of nitrogens with one attached hydrogen (secondary N) is 1. The van der Waals surface area contributed by atoms with Crippen LogP contribution in [0.4, 0.5) is 0 Å². The van der Waals surface area contributed by atoms with Gasteiger partial charge in [0.15, 0.2) is 0 Å². The van der Waals surface area contributed by atoms with Crippen molar-refractivity contribution in [3.8, 4) is 0 Å². The SMILES string of the molecule is C=CC1=C(/N=C\C)CNC1=O. The van der Waals surface area contributed by atoms with Crippen LogP contribution in [0.1, 0.15) is 6.92 Å². The van der Waals surface area contributed by atoms with Crippen LogP contribution in [0.15, 0.2) is 28.9 Å². The van der Waals surface area contributed by atoms with Crippen molar-refractivity contribution in [1.29, 1.82) is 0 Å². The van der Waals surface area contributed by atoms with Gasteiger partial charge in [-0.1, -0.05) is 12.7 Å². The summed E-state index contributed by atoms with van der Waals surface area (Å²) in [6.45, 7) is 5.87. The van der Waals surface area contributed by atoms with E-state index in [1.165, 1.54) is 6.08 Å². The average molecular weight is 150 g/mol. The summed E-state index contributed by atoms with van der Waals surface area (Å²) in [7, 11) is 0. The summed E-state index contributed by atoms with van der Waals surface area (Å²) in [5, 5.41) is 2.66. The molecular formula is C8H10N2O. The molecule has 1 N–H and O–H groups in total. The number of carbonyl (C=O) groups excluding carboxylic acids is 1. The third kappa shape index (κ3) is 1.37. The Morgan fingerprint density at radius 1 is 1.73 bits per heavy atom. The van der Waals surface area contributed by atoms with Gasteiger partial charge in [0.2, 0.25) is 0 Å². The van der Waals surface area contributed by atoms with E-state index in [0.717, 1.165) is 5.70 Å². The molecule has 3 nitrogen and oxygen atoms in total. The minimum absolute atomic E-state index is 0.0828.